The topological polar surface area (TPSA) is 37.6 Å². The van der Waals surface area contributed by atoms with E-state index in [1.807, 2.05) is 33.7 Å². The molecule has 4 rings (SSSR count). The summed E-state index contributed by atoms with van der Waals surface area (Å²) in [6.07, 6.45) is 15.6. The van der Waals surface area contributed by atoms with Gasteiger partial charge >= 0.3 is 0 Å². The number of halogens is 1. The van der Waals surface area contributed by atoms with Crippen LogP contribution in [0.1, 0.15) is 37.8 Å². The molecule has 5 heteroatoms. The van der Waals surface area contributed by atoms with Gasteiger partial charge < -0.3 is 4.90 Å². The quantitative estimate of drug-likeness (QED) is 0.593. The van der Waals surface area contributed by atoms with Crippen LogP contribution in [-0.4, -0.2) is 33.3 Å². The first-order valence-electron chi connectivity index (χ1n) is 8.92. The molecule has 2 aromatic rings. The molecule has 1 unspecified atom stereocenters. The largest absolute Gasteiger partial charge is 0.339 e. The van der Waals surface area contributed by atoms with E-state index in [9.17, 15) is 4.79 Å². The van der Waals surface area contributed by atoms with E-state index < -0.39 is 0 Å². The van der Waals surface area contributed by atoms with Gasteiger partial charge in [0.05, 0.1) is 5.69 Å². The van der Waals surface area contributed by atoms with Crippen molar-refractivity contribution >= 4 is 29.2 Å². The fourth-order valence-electron chi connectivity index (χ4n) is 4.10. The number of fused-ring (bicyclic) bond motifs is 1. The second-order valence-corrected chi connectivity index (χ2v) is 7.49. The van der Waals surface area contributed by atoms with E-state index in [-0.39, 0.29) is 11.3 Å². The summed E-state index contributed by atoms with van der Waals surface area (Å²) in [5.74, 6) is 0.0653. The number of likely N-dealkylation sites (tertiary alicyclic amines) is 1. The van der Waals surface area contributed by atoms with Crippen molar-refractivity contribution in [1.29, 1.82) is 0 Å². The van der Waals surface area contributed by atoms with Crippen LogP contribution in [0.4, 0.5) is 0 Å². The molecule has 0 N–H and O–H groups in total. The van der Waals surface area contributed by atoms with E-state index in [2.05, 4.69) is 17.1 Å². The van der Waals surface area contributed by atoms with Gasteiger partial charge in [-0.15, -0.1) is 0 Å². The van der Waals surface area contributed by atoms with Gasteiger partial charge in [-0.1, -0.05) is 29.8 Å². The molecule has 1 fully saturated rings. The summed E-state index contributed by atoms with van der Waals surface area (Å²) < 4.78 is 1.90. The number of hydrogen-bond donors (Lipinski definition) is 0. The van der Waals surface area contributed by atoms with Crippen LogP contribution in [-0.2, 0) is 4.79 Å². The van der Waals surface area contributed by atoms with Crippen LogP contribution in [0, 0.1) is 5.41 Å². The number of imidazole rings is 1. The van der Waals surface area contributed by atoms with Crippen molar-refractivity contribution in [2.75, 3.05) is 13.1 Å². The predicted octanol–water partition coefficient (Wildman–Crippen LogP) is 4.35. The van der Waals surface area contributed by atoms with Crippen LogP contribution in [0.3, 0.4) is 0 Å². The van der Waals surface area contributed by atoms with Crippen molar-refractivity contribution in [2.24, 2.45) is 5.41 Å². The lowest BCUT2D eigenvalue weighted by atomic mass is 9.71. The third kappa shape index (κ3) is 3.23. The zero-order valence-electron chi connectivity index (χ0n) is 14.2. The van der Waals surface area contributed by atoms with E-state index in [0.717, 1.165) is 43.7 Å². The van der Waals surface area contributed by atoms with Gasteiger partial charge in [-0.3, -0.25) is 9.20 Å². The summed E-state index contributed by atoms with van der Waals surface area (Å²) in [5, 5.41) is 0.419. The Morgan fingerprint density at radius 1 is 1.28 bits per heavy atom. The summed E-state index contributed by atoms with van der Waals surface area (Å²) in [7, 11) is 0. The van der Waals surface area contributed by atoms with Crippen molar-refractivity contribution in [3.05, 3.63) is 53.5 Å². The van der Waals surface area contributed by atoms with Gasteiger partial charge in [0.1, 0.15) is 5.65 Å². The second-order valence-electron chi connectivity index (χ2n) is 7.13. The lowest BCUT2D eigenvalue weighted by molar-refractivity contribution is -0.129. The molecule has 1 saturated heterocycles. The highest BCUT2D eigenvalue weighted by Crippen LogP contribution is 2.40. The molecule has 4 nitrogen and oxygen atoms in total. The SMILES string of the molecule is O=C(/C=C/c1c(Cl)nc2ccccn12)N1CCCC2(CC=CCC2)C1. The van der Waals surface area contributed by atoms with Crippen LogP contribution in [0.25, 0.3) is 11.7 Å². The maximum atomic E-state index is 12.7. The molecule has 25 heavy (non-hydrogen) atoms. The molecule has 3 heterocycles. The van der Waals surface area contributed by atoms with Crippen molar-refractivity contribution < 1.29 is 4.79 Å². The number of aromatic nitrogens is 2. The lowest BCUT2D eigenvalue weighted by Crippen LogP contribution is -2.45. The van der Waals surface area contributed by atoms with Crippen molar-refractivity contribution in [3.8, 4) is 0 Å². The molecule has 130 valence electrons. The molecule has 1 aliphatic carbocycles. The third-order valence-electron chi connectivity index (χ3n) is 5.44. The number of piperidine rings is 1. The fraction of sp³-hybridized carbons (Fsp3) is 0.400. The zero-order valence-corrected chi connectivity index (χ0v) is 15.0. The van der Waals surface area contributed by atoms with Crippen LogP contribution < -0.4 is 0 Å². The first kappa shape index (κ1) is 16.4. The van der Waals surface area contributed by atoms with Gasteiger partial charge in [-0.25, -0.2) is 4.98 Å². The highest BCUT2D eigenvalue weighted by molar-refractivity contribution is 6.31. The Morgan fingerprint density at radius 2 is 2.20 bits per heavy atom. The fourth-order valence-corrected chi connectivity index (χ4v) is 4.34. The standard InChI is InChI=1S/C20H22ClN3O/c21-19-16(24-14-5-2-7-17(24)22-19)8-9-18(25)23-13-6-12-20(15-23)10-3-1-4-11-20/h1-3,5,7-9,14H,4,6,10-13,15H2/b9-8+. The van der Waals surface area contributed by atoms with Crippen LogP contribution in [0.2, 0.25) is 5.15 Å². The Hall–Kier alpha value is -2.07. The Bertz CT molecular complexity index is 854. The lowest BCUT2D eigenvalue weighted by Gasteiger charge is -2.43. The minimum atomic E-state index is 0.0653. The Labute approximate surface area is 152 Å². The number of nitrogens with zero attached hydrogens (tertiary/aromatic N) is 3. The minimum Gasteiger partial charge on any atom is -0.339 e. The third-order valence-corrected chi connectivity index (χ3v) is 5.72. The summed E-state index contributed by atoms with van der Waals surface area (Å²) in [4.78, 5) is 19.0. The molecule has 1 spiro atoms. The van der Waals surface area contributed by atoms with Gasteiger partial charge in [0.25, 0.3) is 0 Å². The van der Waals surface area contributed by atoms with Gasteiger partial charge in [-0.05, 0) is 55.7 Å². The first-order valence-corrected chi connectivity index (χ1v) is 9.29. The minimum absolute atomic E-state index is 0.0653. The van der Waals surface area contributed by atoms with Crippen LogP contribution in [0.5, 0.6) is 0 Å². The molecular weight excluding hydrogens is 334 g/mol. The molecule has 2 aromatic heterocycles. The second kappa shape index (κ2) is 6.68. The molecule has 0 aromatic carbocycles. The van der Waals surface area contributed by atoms with E-state index in [1.54, 1.807) is 12.2 Å². The predicted molar refractivity (Wildman–Crippen MR) is 100 cm³/mol. The number of hydrogen-bond acceptors (Lipinski definition) is 2. The Morgan fingerprint density at radius 3 is 3.04 bits per heavy atom. The monoisotopic (exact) mass is 355 g/mol. The van der Waals surface area contributed by atoms with E-state index in [1.165, 1.54) is 12.8 Å². The maximum absolute atomic E-state index is 12.7. The smallest absolute Gasteiger partial charge is 0.246 e. The number of carbonyl (C=O) groups excluding carboxylic acids is 1. The van der Waals surface area contributed by atoms with Gasteiger partial charge in [-0.2, -0.15) is 0 Å². The van der Waals surface area contributed by atoms with E-state index in [0.29, 0.717) is 5.15 Å². The summed E-state index contributed by atoms with van der Waals surface area (Å²) >= 11 is 6.24. The Balaban J connectivity index is 1.52. The van der Waals surface area contributed by atoms with Crippen LogP contribution in [0.15, 0.2) is 42.6 Å². The van der Waals surface area contributed by atoms with Gasteiger partial charge in [0, 0.05) is 25.4 Å². The normalized spacial score (nSPS) is 23.8. The summed E-state index contributed by atoms with van der Waals surface area (Å²) in [5.41, 5.74) is 1.82. The highest BCUT2D eigenvalue weighted by atomic mass is 35.5. The summed E-state index contributed by atoms with van der Waals surface area (Å²) in [6.45, 7) is 1.71. The average molecular weight is 356 g/mol. The van der Waals surface area contributed by atoms with Crippen molar-refractivity contribution in [3.63, 3.8) is 0 Å². The highest BCUT2D eigenvalue weighted by Gasteiger charge is 2.36. The molecule has 1 aliphatic heterocycles. The number of pyridine rings is 1. The molecule has 0 radical (unpaired) electrons. The zero-order chi connectivity index (χ0) is 17.3. The molecule has 0 saturated carbocycles. The average Bonchev–Trinajstić information content (AvgIpc) is 2.95. The first-order chi connectivity index (χ1) is 12.2. The molecular formula is C20H22ClN3O. The van der Waals surface area contributed by atoms with Crippen molar-refractivity contribution in [1.82, 2.24) is 14.3 Å². The molecule has 0 bridgehead atoms. The molecule has 1 amide bonds. The number of carbonyl (C=O) groups is 1. The van der Waals surface area contributed by atoms with E-state index >= 15 is 0 Å². The molecule has 1 atom stereocenters. The van der Waals surface area contributed by atoms with Gasteiger partial charge in [0.15, 0.2) is 5.15 Å². The maximum Gasteiger partial charge on any atom is 0.246 e. The van der Waals surface area contributed by atoms with Gasteiger partial charge in [0.2, 0.25) is 5.91 Å². The van der Waals surface area contributed by atoms with E-state index in [4.69, 9.17) is 11.6 Å². The number of amides is 1. The van der Waals surface area contributed by atoms with Crippen LogP contribution >= 0.6 is 11.6 Å². The molecule has 2 aliphatic rings. The number of allylic oxidation sites excluding steroid dienone is 2. The van der Waals surface area contributed by atoms with Crippen molar-refractivity contribution in [2.45, 2.75) is 32.1 Å². The summed E-state index contributed by atoms with van der Waals surface area (Å²) in [6, 6.07) is 5.74. The Kier molecular flexibility index (Phi) is 4.38. The number of rotatable bonds is 2.